The summed E-state index contributed by atoms with van der Waals surface area (Å²) in [5.41, 5.74) is 0. The summed E-state index contributed by atoms with van der Waals surface area (Å²) in [4.78, 5) is 0. The van der Waals surface area contributed by atoms with Crippen molar-refractivity contribution in [1.82, 2.24) is 0 Å². The van der Waals surface area contributed by atoms with Gasteiger partial charge in [0.05, 0.1) is 0 Å². The molecule has 0 saturated heterocycles. The van der Waals surface area contributed by atoms with E-state index in [0.29, 0.717) is 15.2 Å². The third-order valence-electron chi connectivity index (χ3n) is 1.47. The Hall–Kier alpha value is -0.318. The molecule has 0 aliphatic heterocycles. The largest absolute Gasteiger partial charge is 1.00 e. The molecular formula is C9H12AlF. The summed E-state index contributed by atoms with van der Waals surface area (Å²) in [6.07, 6.45) is 1.32. The van der Waals surface area contributed by atoms with Gasteiger partial charge in [0, 0.05) is 0 Å². The maximum Gasteiger partial charge on any atom is -1.00 e. The predicted molar refractivity (Wildman–Crippen MR) is 46.9 cm³/mol. The predicted octanol–water partition coefficient (Wildman–Crippen LogP) is -1.15. The minimum atomic E-state index is 0. The van der Waals surface area contributed by atoms with Crippen molar-refractivity contribution in [1.29, 1.82) is 0 Å². The average Bonchev–Trinajstić information content (AvgIpc) is 2.03. The van der Waals surface area contributed by atoms with E-state index in [2.05, 4.69) is 37.3 Å². The van der Waals surface area contributed by atoms with Crippen molar-refractivity contribution in [2.24, 2.45) is 0 Å². The Bertz CT molecular complexity index is 174. The Morgan fingerprint density at radius 3 is 2.36 bits per heavy atom. The minimum Gasteiger partial charge on any atom is -1.00 e. The van der Waals surface area contributed by atoms with Gasteiger partial charge in [-0.2, -0.15) is 0 Å². The molecule has 0 atom stereocenters. The molecule has 0 heterocycles. The summed E-state index contributed by atoms with van der Waals surface area (Å²) in [7, 11) is 0. The van der Waals surface area contributed by atoms with Crippen LogP contribution in [0.3, 0.4) is 0 Å². The zero-order valence-corrected chi connectivity index (χ0v) is 7.91. The third kappa shape index (κ3) is 4.19. The summed E-state index contributed by atoms with van der Waals surface area (Å²) in [5.74, 6) is 0. The molecule has 0 amide bonds. The number of hydrogen-bond acceptors (Lipinski definition) is 0. The second kappa shape index (κ2) is 6.40. The fourth-order valence-electron chi connectivity index (χ4n) is 0.900. The summed E-state index contributed by atoms with van der Waals surface area (Å²) >= 11 is 0.547. The molecule has 58 valence electrons. The summed E-state index contributed by atoms with van der Waals surface area (Å²) in [5, 5.41) is 1.39. The molecule has 0 bridgehead atoms. The van der Waals surface area contributed by atoms with E-state index in [1.165, 1.54) is 11.7 Å². The van der Waals surface area contributed by atoms with E-state index in [4.69, 9.17) is 0 Å². The van der Waals surface area contributed by atoms with Crippen molar-refractivity contribution < 1.29 is 4.70 Å². The van der Waals surface area contributed by atoms with Gasteiger partial charge in [-0.1, -0.05) is 0 Å². The van der Waals surface area contributed by atoms with Crippen LogP contribution in [-0.4, -0.2) is 15.2 Å². The Morgan fingerprint density at radius 2 is 1.82 bits per heavy atom. The molecule has 0 saturated carbocycles. The molecule has 2 heteroatoms. The van der Waals surface area contributed by atoms with E-state index in [0.717, 1.165) is 0 Å². The first kappa shape index (κ1) is 10.7. The standard InChI is InChI=1S/C6H5.C3H7.Al.FH/c1-2-4-6-5-3-1;1-3-2;;/h1-5H;1,3H2,2H3;;1H/q;;+1;/p-1. The molecule has 1 aromatic rings. The van der Waals surface area contributed by atoms with Crippen LogP contribution in [0.25, 0.3) is 0 Å². The molecule has 0 aromatic heterocycles. The fourth-order valence-corrected chi connectivity index (χ4v) is 2.02. The number of rotatable bonds is 3. The summed E-state index contributed by atoms with van der Waals surface area (Å²) in [6.45, 7) is 2.25. The van der Waals surface area contributed by atoms with Crippen LogP contribution in [-0.2, 0) is 0 Å². The molecule has 0 nitrogen and oxygen atoms in total. The van der Waals surface area contributed by atoms with Crippen LogP contribution < -0.4 is 9.13 Å². The molecule has 1 aromatic carbocycles. The zero-order chi connectivity index (χ0) is 7.23. The van der Waals surface area contributed by atoms with Crippen molar-refractivity contribution in [2.45, 2.75) is 18.6 Å². The maximum absolute atomic E-state index is 2.25. The van der Waals surface area contributed by atoms with E-state index >= 15 is 0 Å². The van der Waals surface area contributed by atoms with E-state index in [9.17, 15) is 0 Å². The van der Waals surface area contributed by atoms with Crippen LogP contribution in [0.5, 0.6) is 0 Å². The molecule has 0 N–H and O–H groups in total. The molecule has 0 radical (unpaired) electrons. The minimum absolute atomic E-state index is 0. The number of halogens is 1. The maximum atomic E-state index is 2.25. The van der Waals surface area contributed by atoms with Gasteiger partial charge in [-0.25, -0.2) is 0 Å². The van der Waals surface area contributed by atoms with Gasteiger partial charge in [-0.05, 0) is 0 Å². The van der Waals surface area contributed by atoms with Gasteiger partial charge in [0.2, 0.25) is 0 Å². The normalized spacial score (nSPS) is 8.09. The third-order valence-corrected chi connectivity index (χ3v) is 3.19. The van der Waals surface area contributed by atoms with Gasteiger partial charge < -0.3 is 4.70 Å². The van der Waals surface area contributed by atoms with Gasteiger partial charge in [0.15, 0.2) is 0 Å². The summed E-state index contributed by atoms with van der Waals surface area (Å²) in [6, 6.07) is 10.8. The molecule has 0 aliphatic rings. The van der Waals surface area contributed by atoms with Crippen LogP contribution in [0, 0.1) is 0 Å². The first-order valence-corrected chi connectivity index (χ1v) is 5.21. The van der Waals surface area contributed by atoms with Crippen molar-refractivity contribution in [3.05, 3.63) is 30.3 Å². The molecular weight excluding hydrogens is 154 g/mol. The molecule has 0 unspecified atom stereocenters. The Kier molecular flexibility index (Phi) is 6.21. The Labute approximate surface area is 73.7 Å². The van der Waals surface area contributed by atoms with Crippen LogP contribution >= 0.6 is 0 Å². The Morgan fingerprint density at radius 1 is 1.18 bits per heavy atom. The van der Waals surface area contributed by atoms with Crippen LogP contribution in [0.15, 0.2) is 30.3 Å². The van der Waals surface area contributed by atoms with Gasteiger partial charge in [0.25, 0.3) is 0 Å². The average molecular weight is 166 g/mol. The molecule has 0 spiro atoms. The van der Waals surface area contributed by atoms with Crippen LogP contribution in [0.2, 0.25) is 5.28 Å². The molecule has 0 aliphatic carbocycles. The second-order valence-electron chi connectivity index (χ2n) is 2.40. The Balaban J connectivity index is 0.000001000. The van der Waals surface area contributed by atoms with Gasteiger partial charge in [-0.3, -0.25) is 0 Å². The van der Waals surface area contributed by atoms with Crippen molar-refractivity contribution in [3.8, 4) is 0 Å². The van der Waals surface area contributed by atoms with E-state index in [1.54, 1.807) is 4.43 Å². The fraction of sp³-hybridized carbons (Fsp3) is 0.333. The van der Waals surface area contributed by atoms with E-state index in [1.807, 2.05) is 0 Å². The second-order valence-corrected chi connectivity index (χ2v) is 4.06. The van der Waals surface area contributed by atoms with Crippen LogP contribution in [0.1, 0.15) is 13.3 Å². The number of hydrogen-bond donors (Lipinski definition) is 0. The molecule has 0 fully saturated rings. The molecule has 11 heavy (non-hydrogen) atoms. The van der Waals surface area contributed by atoms with E-state index in [-0.39, 0.29) is 4.70 Å². The summed E-state index contributed by atoms with van der Waals surface area (Å²) < 4.78 is 1.55. The first-order valence-electron chi connectivity index (χ1n) is 3.81. The van der Waals surface area contributed by atoms with Gasteiger partial charge in [0.1, 0.15) is 0 Å². The van der Waals surface area contributed by atoms with Gasteiger partial charge >= 0.3 is 68.6 Å². The van der Waals surface area contributed by atoms with Crippen LogP contribution in [0.4, 0.5) is 0 Å². The molecule has 1 rings (SSSR count). The van der Waals surface area contributed by atoms with Crippen molar-refractivity contribution in [2.75, 3.05) is 0 Å². The zero-order valence-electron chi connectivity index (χ0n) is 6.76. The number of benzene rings is 1. The van der Waals surface area contributed by atoms with Gasteiger partial charge in [-0.15, -0.1) is 0 Å². The quantitative estimate of drug-likeness (QED) is 0.497. The van der Waals surface area contributed by atoms with Crippen molar-refractivity contribution in [3.63, 3.8) is 0 Å². The van der Waals surface area contributed by atoms with E-state index < -0.39 is 0 Å². The monoisotopic (exact) mass is 166 g/mol. The van der Waals surface area contributed by atoms with Crippen molar-refractivity contribution >= 4 is 19.6 Å². The smallest absolute Gasteiger partial charge is 1.00 e. The first-order chi connectivity index (χ1) is 4.93. The SMILES string of the molecule is CC[CH2][Al+][c]1ccccc1.[F-]. The topological polar surface area (TPSA) is 0 Å².